The number of carboxylic acid groups (broad SMARTS) is 2. The smallest absolute Gasteiger partial charge is 0.325 e. The molecule has 0 amide bonds. The largest absolute Gasteiger partial charge is 0.497 e. The van der Waals surface area contributed by atoms with Gasteiger partial charge >= 0.3 is 11.9 Å². The van der Waals surface area contributed by atoms with E-state index < -0.39 is 18.0 Å². The summed E-state index contributed by atoms with van der Waals surface area (Å²) in [6.45, 7) is 3.50. The van der Waals surface area contributed by atoms with Crippen molar-refractivity contribution in [3.63, 3.8) is 0 Å². The molecule has 1 aromatic heterocycles. The number of nitriles is 1. The second-order valence-corrected chi connectivity index (χ2v) is 7.33. The number of rotatable bonds is 9. The van der Waals surface area contributed by atoms with Gasteiger partial charge in [0.2, 0.25) is 0 Å². The Kier molecular flexibility index (Phi) is 6.92. The van der Waals surface area contributed by atoms with Gasteiger partial charge in [-0.2, -0.15) is 5.26 Å². The van der Waals surface area contributed by atoms with Gasteiger partial charge in [0.15, 0.2) is 0 Å². The van der Waals surface area contributed by atoms with Gasteiger partial charge in [-0.1, -0.05) is 0 Å². The molecule has 30 heavy (non-hydrogen) atoms. The van der Waals surface area contributed by atoms with Crippen LogP contribution in [-0.4, -0.2) is 76.4 Å². The monoisotopic (exact) mass is 414 g/mol. The quantitative estimate of drug-likeness (QED) is 0.637. The highest BCUT2D eigenvalue weighted by molar-refractivity contribution is 5.90. The van der Waals surface area contributed by atoms with Crippen LogP contribution < -0.4 is 4.74 Å². The van der Waals surface area contributed by atoms with Crippen molar-refractivity contribution in [2.24, 2.45) is 0 Å². The molecule has 0 unspecified atom stereocenters. The molecule has 1 aromatic carbocycles. The van der Waals surface area contributed by atoms with Gasteiger partial charge in [-0.15, -0.1) is 0 Å². The van der Waals surface area contributed by atoms with Crippen LogP contribution in [0.5, 0.6) is 5.75 Å². The predicted molar refractivity (Wildman–Crippen MR) is 109 cm³/mol. The fourth-order valence-corrected chi connectivity index (χ4v) is 3.99. The van der Waals surface area contributed by atoms with Crippen molar-refractivity contribution in [2.75, 3.05) is 39.8 Å². The second-order valence-electron chi connectivity index (χ2n) is 7.33. The Labute approximate surface area is 174 Å². The third kappa shape index (κ3) is 4.72. The zero-order valence-corrected chi connectivity index (χ0v) is 17.0. The van der Waals surface area contributed by atoms with Gasteiger partial charge in [0.25, 0.3) is 0 Å². The number of aryl methyl sites for hydroxylation is 1. The van der Waals surface area contributed by atoms with Crippen LogP contribution in [-0.2, 0) is 16.1 Å². The molecule has 1 aliphatic heterocycles. The van der Waals surface area contributed by atoms with E-state index in [1.807, 2.05) is 11.0 Å². The Morgan fingerprint density at radius 3 is 2.53 bits per heavy atom. The molecule has 1 aliphatic rings. The number of ether oxygens (including phenoxy) is 1. The maximum atomic E-state index is 12.3. The lowest BCUT2D eigenvalue weighted by Crippen LogP contribution is -2.49. The summed E-state index contributed by atoms with van der Waals surface area (Å²) in [6.07, 6.45) is 2.16. The van der Waals surface area contributed by atoms with E-state index in [9.17, 15) is 14.7 Å². The number of piperazine rings is 1. The molecule has 0 radical (unpaired) electrons. The molecule has 1 saturated heterocycles. The normalized spacial score (nSPS) is 16.3. The summed E-state index contributed by atoms with van der Waals surface area (Å²) in [5.41, 5.74) is 1.42. The standard InChI is InChI=1S/C21H26N4O5/c1-30-15-3-4-18-16(13-15)17(14-25(18)8-5-19(26)27)20(21(28)29)24-11-9-23(10-12-24)7-2-6-22/h3-4,13-14,20H,2,5,7-12H2,1H3,(H,26,27)(H,28,29)/t20-/m0/s1. The third-order valence-electron chi connectivity index (χ3n) is 5.53. The minimum atomic E-state index is -0.944. The summed E-state index contributed by atoms with van der Waals surface area (Å²) in [4.78, 5) is 27.4. The second kappa shape index (κ2) is 9.61. The van der Waals surface area contributed by atoms with Gasteiger partial charge in [-0.3, -0.25) is 19.4 Å². The number of carboxylic acids is 2. The summed E-state index contributed by atoms with van der Waals surface area (Å²) in [5.74, 6) is -1.24. The summed E-state index contributed by atoms with van der Waals surface area (Å²) in [7, 11) is 1.55. The molecule has 0 aliphatic carbocycles. The first-order chi connectivity index (χ1) is 14.4. The molecule has 1 fully saturated rings. The molecule has 9 nitrogen and oxygen atoms in total. The fourth-order valence-electron chi connectivity index (χ4n) is 3.99. The zero-order valence-electron chi connectivity index (χ0n) is 17.0. The van der Waals surface area contributed by atoms with Crippen LogP contribution in [0, 0.1) is 11.3 Å². The molecule has 2 aromatic rings. The molecule has 9 heteroatoms. The lowest BCUT2D eigenvalue weighted by molar-refractivity contribution is -0.144. The molecule has 3 rings (SSSR count). The Bertz CT molecular complexity index is 956. The fraction of sp³-hybridized carbons (Fsp3) is 0.476. The Morgan fingerprint density at radius 1 is 1.20 bits per heavy atom. The highest BCUT2D eigenvalue weighted by Crippen LogP contribution is 2.33. The van der Waals surface area contributed by atoms with Crippen molar-refractivity contribution in [3.05, 3.63) is 30.0 Å². The van der Waals surface area contributed by atoms with E-state index in [1.165, 1.54) is 0 Å². The van der Waals surface area contributed by atoms with Crippen molar-refractivity contribution >= 4 is 22.8 Å². The molecule has 2 heterocycles. The first-order valence-electron chi connectivity index (χ1n) is 9.89. The summed E-state index contributed by atoms with van der Waals surface area (Å²) in [6, 6.07) is 6.72. The van der Waals surface area contributed by atoms with Crippen molar-refractivity contribution in [2.45, 2.75) is 25.4 Å². The summed E-state index contributed by atoms with van der Waals surface area (Å²) in [5, 5.41) is 28.6. The van der Waals surface area contributed by atoms with Gasteiger partial charge in [0, 0.05) is 68.4 Å². The number of hydrogen-bond acceptors (Lipinski definition) is 6. The molecule has 0 saturated carbocycles. The van der Waals surface area contributed by atoms with Gasteiger partial charge in [-0.05, 0) is 18.2 Å². The minimum Gasteiger partial charge on any atom is -0.497 e. The number of aliphatic carboxylic acids is 2. The van der Waals surface area contributed by atoms with Crippen LogP contribution in [0.15, 0.2) is 24.4 Å². The predicted octanol–water partition coefficient (Wildman–Crippen LogP) is 1.78. The number of methoxy groups -OCH3 is 1. The minimum absolute atomic E-state index is 0.0510. The Morgan fingerprint density at radius 2 is 1.93 bits per heavy atom. The van der Waals surface area contributed by atoms with E-state index in [4.69, 9.17) is 15.1 Å². The first-order valence-corrected chi connectivity index (χ1v) is 9.89. The highest BCUT2D eigenvalue weighted by atomic mass is 16.5. The van der Waals surface area contributed by atoms with Gasteiger partial charge in [0.05, 0.1) is 19.6 Å². The molecule has 0 bridgehead atoms. The van der Waals surface area contributed by atoms with E-state index in [0.717, 1.165) is 10.9 Å². The van der Waals surface area contributed by atoms with Crippen LogP contribution >= 0.6 is 0 Å². The van der Waals surface area contributed by atoms with Crippen LogP contribution in [0.2, 0.25) is 0 Å². The number of aromatic nitrogens is 1. The molecule has 2 N–H and O–H groups in total. The van der Waals surface area contributed by atoms with E-state index in [1.54, 1.807) is 30.0 Å². The number of hydrogen-bond donors (Lipinski definition) is 2. The van der Waals surface area contributed by atoms with E-state index in [2.05, 4.69) is 11.0 Å². The van der Waals surface area contributed by atoms with Gasteiger partial charge in [0.1, 0.15) is 11.8 Å². The third-order valence-corrected chi connectivity index (χ3v) is 5.53. The van der Waals surface area contributed by atoms with Crippen LogP contribution in [0.1, 0.15) is 24.4 Å². The number of nitrogens with zero attached hydrogens (tertiary/aromatic N) is 4. The van der Waals surface area contributed by atoms with Crippen LogP contribution in [0.25, 0.3) is 10.9 Å². The van der Waals surface area contributed by atoms with Crippen molar-refractivity contribution in [1.82, 2.24) is 14.4 Å². The molecule has 1 atom stereocenters. The number of fused-ring (bicyclic) bond motifs is 1. The van der Waals surface area contributed by atoms with Crippen LogP contribution in [0.4, 0.5) is 0 Å². The lowest BCUT2D eigenvalue weighted by atomic mass is 10.0. The van der Waals surface area contributed by atoms with Gasteiger partial charge < -0.3 is 19.5 Å². The van der Waals surface area contributed by atoms with E-state index >= 15 is 0 Å². The summed E-state index contributed by atoms with van der Waals surface area (Å²) < 4.78 is 7.13. The SMILES string of the molecule is COc1ccc2c(c1)c([C@@H](C(=O)O)N1CCN(CCC#N)CC1)cn2CCC(=O)O. The molecular formula is C21H26N4O5. The topological polar surface area (TPSA) is 119 Å². The molecular weight excluding hydrogens is 388 g/mol. The number of benzene rings is 1. The average molecular weight is 414 g/mol. The Hall–Kier alpha value is -3.09. The first kappa shape index (κ1) is 21.6. The van der Waals surface area contributed by atoms with Gasteiger partial charge in [-0.25, -0.2) is 0 Å². The maximum Gasteiger partial charge on any atom is 0.325 e. The van der Waals surface area contributed by atoms with Crippen LogP contribution in [0.3, 0.4) is 0 Å². The maximum absolute atomic E-state index is 12.3. The summed E-state index contributed by atoms with van der Waals surface area (Å²) >= 11 is 0. The molecule has 0 spiro atoms. The van der Waals surface area contributed by atoms with E-state index in [-0.39, 0.29) is 13.0 Å². The number of carbonyl (C=O) groups is 2. The molecule has 160 valence electrons. The zero-order chi connectivity index (χ0) is 21.7. The highest BCUT2D eigenvalue weighted by Gasteiger charge is 2.32. The average Bonchev–Trinajstić information content (AvgIpc) is 3.09. The Balaban J connectivity index is 1.94. The van der Waals surface area contributed by atoms with Crippen molar-refractivity contribution < 1.29 is 24.5 Å². The van der Waals surface area contributed by atoms with Crippen molar-refractivity contribution in [1.29, 1.82) is 5.26 Å². The lowest BCUT2D eigenvalue weighted by Gasteiger charge is -2.37. The van der Waals surface area contributed by atoms with E-state index in [0.29, 0.717) is 50.5 Å². The van der Waals surface area contributed by atoms with Crippen molar-refractivity contribution in [3.8, 4) is 11.8 Å².